The summed E-state index contributed by atoms with van der Waals surface area (Å²) in [6.07, 6.45) is 5.36. The molecule has 2 aliphatic rings. The van der Waals surface area contributed by atoms with E-state index in [0.29, 0.717) is 12.1 Å². The Morgan fingerprint density at radius 2 is 2.38 bits per heavy atom. The van der Waals surface area contributed by atoms with Crippen molar-refractivity contribution in [3.8, 4) is 0 Å². The first-order chi connectivity index (χ1) is 7.88. The molecular weight excluding hydrogens is 216 g/mol. The zero-order valence-corrected chi connectivity index (χ0v) is 10.7. The Labute approximate surface area is 102 Å². The van der Waals surface area contributed by atoms with Crippen molar-refractivity contribution in [2.45, 2.75) is 37.8 Å². The highest BCUT2D eigenvalue weighted by Crippen LogP contribution is 2.38. The van der Waals surface area contributed by atoms with Gasteiger partial charge in [-0.3, -0.25) is 4.90 Å². The maximum Gasteiger partial charge on any atom is 0.0359 e. The minimum absolute atomic E-state index is 0.712. The average Bonchev–Trinajstić information content (AvgIpc) is 2.97. The Hall–Kier alpha value is -0.380. The Morgan fingerprint density at radius 3 is 3.19 bits per heavy atom. The van der Waals surface area contributed by atoms with Gasteiger partial charge in [0, 0.05) is 30.1 Å². The summed E-state index contributed by atoms with van der Waals surface area (Å²) in [4.78, 5) is 4.33. The molecule has 2 unspecified atom stereocenters. The standard InChI is InChI=1S/C13H20N2S/c1-14-10-5-7-15(9-10)12-3-2-4-13-11(12)6-8-16-13/h6,8,10,12,14H,2-5,7,9H2,1H3. The molecule has 1 aromatic heterocycles. The fourth-order valence-corrected chi connectivity index (χ4v) is 4.13. The van der Waals surface area contributed by atoms with Gasteiger partial charge in [-0.05, 0) is 49.7 Å². The second-order valence-electron chi connectivity index (χ2n) is 4.98. The van der Waals surface area contributed by atoms with E-state index in [4.69, 9.17) is 0 Å². The fraction of sp³-hybridized carbons (Fsp3) is 0.692. The lowest BCUT2D eigenvalue weighted by atomic mass is 9.93. The van der Waals surface area contributed by atoms with Gasteiger partial charge in [-0.2, -0.15) is 0 Å². The second kappa shape index (κ2) is 4.47. The molecule has 1 N–H and O–H groups in total. The summed E-state index contributed by atoms with van der Waals surface area (Å²) in [7, 11) is 2.09. The lowest BCUT2D eigenvalue weighted by Gasteiger charge is -2.31. The van der Waals surface area contributed by atoms with Crippen molar-refractivity contribution < 1.29 is 0 Å². The van der Waals surface area contributed by atoms with Gasteiger partial charge in [0.1, 0.15) is 0 Å². The van der Waals surface area contributed by atoms with Crippen LogP contribution in [0.4, 0.5) is 0 Å². The number of thiophene rings is 1. The van der Waals surface area contributed by atoms with E-state index < -0.39 is 0 Å². The molecule has 2 atom stereocenters. The van der Waals surface area contributed by atoms with E-state index in [0.717, 1.165) is 0 Å². The summed E-state index contributed by atoms with van der Waals surface area (Å²) in [5.74, 6) is 0. The van der Waals surface area contributed by atoms with Crippen LogP contribution in [0.2, 0.25) is 0 Å². The largest absolute Gasteiger partial charge is 0.316 e. The van der Waals surface area contributed by atoms with E-state index in [1.807, 2.05) is 11.3 Å². The highest BCUT2D eigenvalue weighted by molar-refractivity contribution is 7.10. The summed E-state index contributed by atoms with van der Waals surface area (Å²) in [5.41, 5.74) is 1.63. The van der Waals surface area contributed by atoms with Crippen molar-refractivity contribution in [2.24, 2.45) is 0 Å². The average molecular weight is 236 g/mol. The zero-order chi connectivity index (χ0) is 11.0. The van der Waals surface area contributed by atoms with Gasteiger partial charge < -0.3 is 5.32 Å². The van der Waals surface area contributed by atoms with Gasteiger partial charge in [0.15, 0.2) is 0 Å². The normalized spacial score (nSPS) is 30.6. The van der Waals surface area contributed by atoms with Crippen LogP contribution in [-0.2, 0) is 6.42 Å². The minimum Gasteiger partial charge on any atom is -0.316 e. The molecule has 0 bridgehead atoms. The number of nitrogens with one attached hydrogen (secondary N) is 1. The van der Waals surface area contributed by atoms with Crippen LogP contribution in [-0.4, -0.2) is 31.1 Å². The molecule has 1 aliphatic heterocycles. The first kappa shape index (κ1) is 10.8. The van der Waals surface area contributed by atoms with E-state index in [9.17, 15) is 0 Å². The molecule has 1 saturated heterocycles. The lowest BCUT2D eigenvalue weighted by Crippen LogP contribution is -2.33. The molecule has 88 valence electrons. The monoisotopic (exact) mass is 236 g/mol. The number of nitrogens with zero attached hydrogens (tertiary/aromatic N) is 1. The van der Waals surface area contributed by atoms with E-state index in [1.165, 1.54) is 38.8 Å². The first-order valence-electron chi connectivity index (χ1n) is 6.36. The third-order valence-electron chi connectivity index (χ3n) is 4.09. The van der Waals surface area contributed by atoms with Gasteiger partial charge in [-0.25, -0.2) is 0 Å². The predicted octanol–water partition coefficient (Wildman–Crippen LogP) is 2.42. The Kier molecular flexibility index (Phi) is 3.01. The maximum absolute atomic E-state index is 3.41. The number of hydrogen-bond acceptors (Lipinski definition) is 3. The van der Waals surface area contributed by atoms with Gasteiger partial charge in [-0.1, -0.05) is 0 Å². The highest BCUT2D eigenvalue weighted by atomic mass is 32.1. The Morgan fingerprint density at radius 1 is 1.44 bits per heavy atom. The van der Waals surface area contributed by atoms with Crippen molar-refractivity contribution >= 4 is 11.3 Å². The molecule has 1 aromatic rings. The number of fused-ring (bicyclic) bond motifs is 1. The van der Waals surface area contributed by atoms with Crippen molar-refractivity contribution in [2.75, 3.05) is 20.1 Å². The molecule has 2 heterocycles. The quantitative estimate of drug-likeness (QED) is 0.848. The van der Waals surface area contributed by atoms with Crippen LogP contribution in [0.15, 0.2) is 11.4 Å². The minimum atomic E-state index is 0.712. The number of rotatable bonds is 2. The molecule has 1 fully saturated rings. The SMILES string of the molecule is CNC1CCN(C2CCCc3sccc32)C1. The van der Waals surface area contributed by atoms with E-state index in [-0.39, 0.29) is 0 Å². The summed E-state index contributed by atoms with van der Waals surface area (Å²) >= 11 is 1.95. The van der Waals surface area contributed by atoms with E-state index in [1.54, 1.807) is 10.4 Å². The molecule has 1 aliphatic carbocycles. The van der Waals surface area contributed by atoms with E-state index in [2.05, 4.69) is 28.7 Å². The molecule has 3 rings (SSSR count). The Balaban J connectivity index is 1.77. The number of hydrogen-bond donors (Lipinski definition) is 1. The molecule has 0 amide bonds. The number of likely N-dealkylation sites (N-methyl/N-ethyl adjacent to an activating group) is 1. The van der Waals surface area contributed by atoms with Crippen molar-refractivity contribution in [3.63, 3.8) is 0 Å². The molecule has 2 nitrogen and oxygen atoms in total. The van der Waals surface area contributed by atoms with Crippen LogP contribution in [0.5, 0.6) is 0 Å². The molecule has 0 saturated carbocycles. The zero-order valence-electron chi connectivity index (χ0n) is 9.91. The summed E-state index contributed by atoms with van der Waals surface area (Å²) in [5, 5.41) is 5.68. The van der Waals surface area contributed by atoms with E-state index >= 15 is 0 Å². The maximum atomic E-state index is 3.41. The summed E-state index contributed by atoms with van der Waals surface area (Å²) in [6, 6.07) is 3.79. The van der Waals surface area contributed by atoms with Crippen molar-refractivity contribution in [3.05, 3.63) is 21.9 Å². The van der Waals surface area contributed by atoms with Gasteiger partial charge in [0.25, 0.3) is 0 Å². The smallest absolute Gasteiger partial charge is 0.0359 e. The third kappa shape index (κ3) is 1.81. The Bertz CT molecular complexity index is 361. The lowest BCUT2D eigenvalue weighted by molar-refractivity contribution is 0.218. The molecule has 3 heteroatoms. The van der Waals surface area contributed by atoms with Crippen LogP contribution in [0.3, 0.4) is 0 Å². The van der Waals surface area contributed by atoms with Crippen LogP contribution in [0.25, 0.3) is 0 Å². The summed E-state index contributed by atoms with van der Waals surface area (Å²) < 4.78 is 0. The number of aryl methyl sites for hydroxylation is 1. The van der Waals surface area contributed by atoms with Crippen molar-refractivity contribution in [1.29, 1.82) is 0 Å². The second-order valence-corrected chi connectivity index (χ2v) is 5.98. The molecule has 0 spiro atoms. The predicted molar refractivity (Wildman–Crippen MR) is 69.0 cm³/mol. The van der Waals surface area contributed by atoms with Gasteiger partial charge >= 0.3 is 0 Å². The van der Waals surface area contributed by atoms with Crippen LogP contribution in [0.1, 0.15) is 35.7 Å². The van der Waals surface area contributed by atoms with Gasteiger partial charge in [0.05, 0.1) is 0 Å². The molecular formula is C13H20N2S. The topological polar surface area (TPSA) is 15.3 Å². The molecule has 0 aromatic carbocycles. The fourth-order valence-electron chi connectivity index (χ4n) is 3.15. The summed E-state index contributed by atoms with van der Waals surface area (Å²) in [6.45, 7) is 2.50. The molecule has 0 radical (unpaired) electrons. The van der Waals surface area contributed by atoms with Gasteiger partial charge in [-0.15, -0.1) is 11.3 Å². The van der Waals surface area contributed by atoms with Crippen LogP contribution < -0.4 is 5.32 Å². The van der Waals surface area contributed by atoms with Crippen LogP contribution >= 0.6 is 11.3 Å². The van der Waals surface area contributed by atoms with Crippen LogP contribution in [0, 0.1) is 0 Å². The van der Waals surface area contributed by atoms with Crippen molar-refractivity contribution in [1.82, 2.24) is 10.2 Å². The molecule has 16 heavy (non-hydrogen) atoms. The van der Waals surface area contributed by atoms with Gasteiger partial charge in [0.2, 0.25) is 0 Å². The first-order valence-corrected chi connectivity index (χ1v) is 7.24. The highest BCUT2D eigenvalue weighted by Gasteiger charge is 2.31. The number of likely N-dealkylation sites (tertiary alicyclic amines) is 1. The third-order valence-corrected chi connectivity index (χ3v) is 5.09.